The summed E-state index contributed by atoms with van der Waals surface area (Å²) in [6.07, 6.45) is 10.5. The van der Waals surface area contributed by atoms with Crippen LogP contribution in [0.3, 0.4) is 0 Å². The van der Waals surface area contributed by atoms with Crippen LogP contribution in [0.5, 0.6) is 0 Å². The number of piperidine rings is 1. The molecule has 1 aliphatic heterocycles. The molecule has 134 valence electrons. The second-order valence-corrected chi connectivity index (χ2v) is 8.43. The Morgan fingerprint density at radius 2 is 1.48 bits per heavy atom. The van der Waals surface area contributed by atoms with E-state index in [4.69, 9.17) is 4.74 Å². The van der Waals surface area contributed by atoms with E-state index in [0.717, 1.165) is 38.4 Å². The first kappa shape index (κ1) is 18.6. The first-order valence-electron chi connectivity index (χ1n) is 9.63. The summed E-state index contributed by atoms with van der Waals surface area (Å²) < 4.78 is 5.46. The van der Waals surface area contributed by atoms with Crippen molar-refractivity contribution in [3.8, 4) is 0 Å². The summed E-state index contributed by atoms with van der Waals surface area (Å²) >= 11 is 0. The molecule has 0 bridgehead atoms. The summed E-state index contributed by atoms with van der Waals surface area (Å²) in [5.41, 5.74) is -0.395. The molecule has 2 fully saturated rings. The Morgan fingerprint density at radius 1 is 0.957 bits per heavy atom. The third-order valence-electron chi connectivity index (χ3n) is 5.11. The number of amides is 1. The van der Waals surface area contributed by atoms with Crippen LogP contribution >= 0.6 is 0 Å². The predicted molar refractivity (Wildman–Crippen MR) is 94.6 cm³/mol. The minimum atomic E-state index is -0.395. The molecule has 1 heterocycles. The molecule has 4 nitrogen and oxygen atoms in total. The van der Waals surface area contributed by atoms with Crippen LogP contribution in [0.4, 0.5) is 4.79 Å². The van der Waals surface area contributed by atoms with Crippen LogP contribution in [0.1, 0.15) is 72.1 Å². The number of carbonyl (C=O) groups excluding carboxylic acids is 1. The van der Waals surface area contributed by atoms with Crippen LogP contribution in [0.25, 0.3) is 0 Å². The first-order chi connectivity index (χ1) is 10.9. The molecule has 0 atom stereocenters. The molecular weight excluding hydrogens is 288 g/mol. The van der Waals surface area contributed by atoms with Gasteiger partial charge in [0.25, 0.3) is 0 Å². The molecule has 23 heavy (non-hydrogen) atoms. The van der Waals surface area contributed by atoms with Gasteiger partial charge in [0.1, 0.15) is 5.60 Å². The summed E-state index contributed by atoms with van der Waals surface area (Å²) in [5.74, 6) is 1.60. The molecule has 0 aromatic rings. The normalized spacial score (nSPS) is 22.0. The zero-order chi connectivity index (χ0) is 16.7. The van der Waals surface area contributed by atoms with Crippen molar-refractivity contribution in [2.24, 2.45) is 11.8 Å². The van der Waals surface area contributed by atoms with Gasteiger partial charge in [0.05, 0.1) is 0 Å². The Hall–Kier alpha value is -0.770. The van der Waals surface area contributed by atoms with Gasteiger partial charge in [0, 0.05) is 13.1 Å². The Labute approximate surface area is 142 Å². The van der Waals surface area contributed by atoms with Gasteiger partial charge < -0.3 is 15.0 Å². The van der Waals surface area contributed by atoms with E-state index in [0.29, 0.717) is 5.92 Å². The highest BCUT2D eigenvalue weighted by Gasteiger charge is 2.26. The summed E-state index contributed by atoms with van der Waals surface area (Å²) in [5, 5.41) is 3.70. The monoisotopic (exact) mass is 324 g/mol. The molecule has 1 saturated heterocycles. The molecule has 1 amide bonds. The number of hydrogen-bond acceptors (Lipinski definition) is 3. The molecule has 0 aromatic carbocycles. The van der Waals surface area contributed by atoms with Crippen molar-refractivity contribution in [1.82, 2.24) is 10.2 Å². The van der Waals surface area contributed by atoms with Gasteiger partial charge in [-0.2, -0.15) is 0 Å². The lowest BCUT2D eigenvalue weighted by Crippen LogP contribution is -2.43. The second-order valence-electron chi connectivity index (χ2n) is 8.43. The fraction of sp³-hybridized carbons (Fsp3) is 0.947. The molecule has 0 aromatic heterocycles. The quantitative estimate of drug-likeness (QED) is 0.788. The summed E-state index contributed by atoms with van der Waals surface area (Å²) in [4.78, 5) is 13.9. The van der Waals surface area contributed by atoms with Crippen molar-refractivity contribution in [2.75, 3.05) is 26.2 Å². The average molecular weight is 325 g/mol. The molecule has 4 heteroatoms. The van der Waals surface area contributed by atoms with Gasteiger partial charge in [0.15, 0.2) is 0 Å². The van der Waals surface area contributed by atoms with Gasteiger partial charge in [-0.3, -0.25) is 0 Å². The molecule has 1 saturated carbocycles. The molecule has 2 aliphatic rings. The smallest absolute Gasteiger partial charge is 0.410 e. The maximum atomic E-state index is 12.1. The first-order valence-corrected chi connectivity index (χ1v) is 9.63. The Kier molecular flexibility index (Phi) is 7.19. The lowest BCUT2D eigenvalue weighted by Gasteiger charge is -2.33. The van der Waals surface area contributed by atoms with Gasteiger partial charge in [-0.15, -0.1) is 0 Å². The third-order valence-corrected chi connectivity index (χ3v) is 5.11. The number of nitrogens with zero attached hydrogens (tertiary/aromatic N) is 1. The zero-order valence-corrected chi connectivity index (χ0v) is 15.4. The second kappa shape index (κ2) is 8.91. The highest BCUT2D eigenvalue weighted by Crippen LogP contribution is 2.23. The molecular formula is C19H36N2O2. The zero-order valence-electron chi connectivity index (χ0n) is 15.4. The molecule has 1 N–H and O–H groups in total. The van der Waals surface area contributed by atoms with E-state index in [-0.39, 0.29) is 6.09 Å². The van der Waals surface area contributed by atoms with E-state index in [1.165, 1.54) is 45.1 Å². The topological polar surface area (TPSA) is 41.6 Å². The van der Waals surface area contributed by atoms with E-state index in [9.17, 15) is 4.79 Å². The fourth-order valence-electron chi connectivity index (χ4n) is 3.71. The fourth-order valence-corrected chi connectivity index (χ4v) is 3.71. The summed E-state index contributed by atoms with van der Waals surface area (Å²) in [7, 11) is 0. The van der Waals surface area contributed by atoms with E-state index in [1.807, 2.05) is 25.7 Å². The van der Waals surface area contributed by atoms with Crippen molar-refractivity contribution in [3.63, 3.8) is 0 Å². The number of hydrogen-bond donors (Lipinski definition) is 1. The highest BCUT2D eigenvalue weighted by atomic mass is 16.6. The van der Waals surface area contributed by atoms with Crippen LogP contribution < -0.4 is 5.32 Å². The summed E-state index contributed by atoms with van der Waals surface area (Å²) in [6.45, 7) is 9.75. The predicted octanol–water partition coefficient (Wildman–Crippen LogP) is 4.19. The van der Waals surface area contributed by atoms with Crippen LogP contribution in [0.2, 0.25) is 0 Å². The minimum Gasteiger partial charge on any atom is -0.444 e. The number of likely N-dealkylation sites (tertiary alicyclic amines) is 1. The highest BCUT2D eigenvalue weighted by molar-refractivity contribution is 5.68. The summed E-state index contributed by atoms with van der Waals surface area (Å²) in [6, 6.07) is 0. The Balaban J connectivity index is 1.60. The van der Waals surface area contributed by atoms with E-state index >= 15 is 0 Å². The lowest BCUT2D eigenvalue weighted by molar-refractivity contribution is 0.0184. The number of rotatable bonds is 4. The van der Waals surface area contributed by atoms with Crippen molar-refractivity contribution >= 4 is 6.09 Å². The van der Waals surface area contributed by atoms with Crippen molar-refractivity contribution in [3.05, 3.63) is 0 Å². The van der Waals surface area contributed by atoms with Crippen LogP contribution in [0.15, 0.2) is 0 Å². The van der Waals surface area contributed by atoms with E-state index in [2.05, 4.69) is 5.32 Å². The van der Waals surface area contributed by atoms with Gasteiger partial charge in [0.2, 0.25) is 0 Å². The molecule has 1 aliphatic carbocycles. The van der Waals surface area contributed by atoms with Crippen molar-refractivity contribution in [2.45, 2.75) is 77.7 Å². The largest absolute Gasteiger partial charge is 0.444 e. The maximum absolute atomic E-state index is 12.1. The van der Waals surface area contributed by atoms with Gasteiger partial charge in [-0.25, -0.2) is 4.79 Å². The number of ether oxygens (including phenoxy) is 1. The third kappa shape index (κ3) is 7.11. The standard InChI is InChI=1S/C19H36N2O2/c1-19(2,3)23-18(22)21-12-10-17(11-13-21)15-20-14-16-8-6-4-5-7-9-16/h16-17,20H,4-15H2,1-3H3. The minimum absolute atomic E-state index is 0.151. The molecule has 2 rings (SSSR count). The van der Waals surface area contributed by atoms with E-state index in [1.54, 1.807) is 0 Å². The molecule has 0 spiro atoms. The lowest BCUT2D eigenvalue weighted by atomic mass is 9.96. The van der Waals surface area contributed by atoms with Crippen LogP contribution in [0, 0.1) is 11.8 Å². The maximum Gasteiger partial charge on any atom is 0.410 e. The molecule has 0 unspecified atom stereocenters. The Bertz CT molecular complexity index is 349. The van der Waals surface area contributed by atoms with E-state index < -0.39 is 5.60 Å². The van der Waals surface area contributed by atoms with Gasteiger partial charge in [-0.05, 0) is 71.4 Å². The van der Waals surface area contributed by atoms with Gasteiger partial charge in [-0.1, -0.05) is 25.7 Å². The van der Waals surface area contributed by atoms with Crippen LogP contribution in [-0.2, 0) is 4.74 Å². The van der Waals surface area contributed by atoms with Crippen molar-refractivity contribution in [1.29, 1.82) is 0 Å². The van der Waals surface area contributed by atoms with Crippen LogP contribution in [-0.4, -0.2) is 42.8 Å². The van der Waals surface area contributed by atoms with Crippen molar-refractivity contribution < 1.29 is 9.53 Å². The molecule has 0 radical (unpaired) electrons. The number of carbonyl (C=O) groups is 1. The average Bonchev–Trinajstić information content (AvgIpc) is 2.75. The Morgan fingerprint density at radius 3 is 2.00 bits per heavy atom. The van der Waals surface area contributed by atoms with Gasteiger partial charge >= 0.3 is 6.09 Å². The number of nitrogens with one attached hydrogen (secondary N) is 1. The SMILES string of the molecule is CC(C)(C)OC(=O)N1CCC(CNCC2CCCCCC2)CC1.